The number of hydrogen-bond donors (Lipinski definition) is 2. The van der Waals surface area contributed by atoms with Crippen LogP contribution in [0.5, 0.6) is 6.01 Å². The Morgan fingerprint density at radius 3 is 2.67 bits per heavy atom. The van der Waals surface area contributed by atoms with Crippen LogP contribution >= 0.6 is 11.6 Å². The summed E-state index contributed by atoms with van der Waals surface area (Å²) in [5.41, 5.74) is 3.86. The van der Waals surface area contributed by atoms with Gasteiger partial charge < -0.3 is 20.7 Å². The summed E-state index contributed by atoms with van der Waals surface area (Å²) in [6.45, 7) is 6.02. The van der Waals surface area contributed by atoms with Crippen LogP contribution in [0.2, 0.25) is 5.02 Å². The number of nitrogens with one attached hydrogen (secondary N) is 1. The number of halogens is 6. The number of aromatic nitrogens is 2. The highest BCUT2D eigenvalue weighted by molar-refractivity contribution is 6.37. The van der Waals surface area contributed by atoms with Crippen molar-refractivity contribution in [1.82, 2.24) is 20.2 Å². The number of fused-ring (bicyclic) bond motifs is 7. The van der Waals surface area contributed by atoms with E-state index >= 15 is 13.2 Å². The van der Waals surface area contributed by atoms with E-state index in [1.807, 2.05) is 0 Å². The lowest BCUT2D eigenvalue weighted by molar-refractivity contribution is 0.0647. The number of nitrogen functional groups attached to an aromatic ring is 1. The van der Waals surface area contributed by atoms with E-state index in [9.17, 15) is 8.78 Å². The molecule has 4 aromatic rings. The van der Waals surface area contributed by atoms with E-state index < -0.39 is 34.3 Å². The van der Waals surface area contributed by atoms with Crippen molar-refractivity contribution < 1.29 is 26.7 Å². The van der Waals surface area contributed by atoms with E-state index in [0.29, 0.717) is 66.6 Å². The highest BCUT2D eigenvalue weighted by atomic mass is 35.5. The molecule has 1 saturated carbocycles. The summed E-state index contributed by atoms with van der Waals surface area (Å²) in [6.07, 6.45) is 9.76. The van der Waals surface area contributed by atoms with Crippen molar-refractivity contribution in [3.8, 4) is 29.5 Å². The quantitative estimate of drug-likeness (QED) is 0.128. The lowest BCUT2D eigenvalue weighted by atomic mass is 9.88. The minimum Gasteiger partial charge on any atom is -0.461 e. The predicted molar refractivity (Wildman–Crippen MR) is 190 cm³/mol. The van der Waals surface area contributed by atoms with Crippen LogP contribution in [0, 0.1) is 35.2 Å². The monoisotopic (exact) mass is 732 g/mol. The van der Waals surface area contributed by atoms with Gasteiger partial charge in [-0.1, -0.05) is 30.2 Å². The highest BCUT2D eigenvalue weighted by Gasteiger charge is 2.77. The molecule has 1 aliphatic carbocycles. The number of rotatable bonds is 4. The fraction of sp³-hybridized carbons (Fsp3) is 0.436. The van der Waals surface area contributed by atoms with Crippen LogP contribution in [0.3, 0.4) is 0 Å². The van der Waals surface area contributed by atoms with E-state index in [1.54, 1.807) is 0 Å². The number of nitrogens with two attached hydrogens (primary N) is 1. The summed E-state index contributed by atoms with van der Waals surface area (Å²) < 4.78 is 84.7. The first-order chi connectivity index (χ1) is 24.8. The maximum absolute atomic E-state index is 17.6. The standard InChI is InChI=1S/C39H34ClF5N6O/c1-3-21-22(41)7-5-19-12-23(46)32(42)28(27(19)21)29-31(40)26-18(2)11-25-24-8-6-20(47-24)13-51(25)35-30(26)34(33(29)43)48-36(49-35)52-17-38-9-4-10-50(38)16-37(14-38)15-39(37,44)45/h1,5,7,12,20,24-25,47H,2,4,6,8-11,13-17,46H2/t20-,24?,25-,37+,38+/m1/s1. The zero-order valence-electron chi connectivity index (χ0n) is 28.1. The van der Waals surface area contributed by atoms with Crippen molar-refractivity contribution >= 4 is 50.4 Å². The van der Waals surface area contributed by atoms with Gasteiger partial charge in [0.25, 0.3) is 5.92 Å². The zero-order valence-corrected chi connectivity index (χ0v) is 28.8. The molecule has 7 nitrogen and oxygen atoms in total. The molecule has 1 aromatic heterocycles. The van der Waals surface area contributed by atoms with Crippen LogP contribution in [0.15, 0.2) is 24.8 Å². The summed E-state index contributed by atoms with van der Waals surface area (Å²) in [5.74, 6) is -2.79. The molecule has 3 aromatic carbocycles. The van der Waals surface area contributed by atoms with Crippen molar-refractivity contribution in [1.29, 1.82) is 0 Å². The van der Waals surface area contributed by atoms with Gasteiger partial charge in [-0.05, 0) is 68.2 Å². The molecule has 10 rings (SSSR count). The molecule has 52 heavy (non-hydrogen) atoms. The Kier molecular flexibility index (Phi) is 6.68. The molecule has 6 aliphatic rings. The molecule has 5 atom stereocenters. The van der Waals surface area contributed by atoms with Gasteiger partial charge in [0, 0.05) is 59.7 Å². The van der Waals surface area contributed by atoms with Gasteiger partial charge in [0.2, 0.25) is 0 Å². The summed E-state index contributed by atoms with van der Waals surface area (Å²) in [7, 11) is 0. The second-order valence-electron chi connectivity index (χ2n) is 15.7. The molecule has 0 radical (unpaired) electrons. The number of ether oxygens (including phenoxy) is 1. The Bertz CT molecular complexity index is 2350. The van der Waals surface area contributed by atoms with Crippen molar-refractivity contribution in [2.45, 2.75) is 74.5 Å². The van der Waals surface area contributed by atoms with Crippen LogP contribution in [0.1, 0.15) is 56.1 Å². The Balaban J connectivity index is 1.20. The van der Waals surface area contributed by atoms with Gasteiger partial charge in [0.1, 0.15) is 23.8 Å². The first-order valence-corrected chi connectivity index (χ1v) is 18.1. The first-order valence-electron chi connectivity index (χ1n) is 17.7. The summed E-state index contributed by atoms with van der Waals surface area (Å²) in [5, 5.41) is 4.09. The smallest absolute Gasteiger partial charge is 0.319 e. The number of anilines is 2. The van der Waals surface area contributed by atoms with Gasteiger partial charge in [0.05, 0.1) is 32.6 Å². The van der Waals surface area contributed by atoms with Crippen LogP contribution in [-0.4, -0.2) is 70.7 Å². The van der Waals surface area contributed by atoms with Crippen molar-refractivity contribution in [2.75, 3.05) is 36.9 Å². The predicted octanol–water partition coefficient (Wildman–Crippen LogP) is 7.45. The zero-order chi connectivity index (χ0) is 36.1. The lowest BCUT2D eigenvalue weighted by Gasteiger charge is -2.41. The molecule has 6 heterocycles. The SMILES string of the molecule is C#Cc1c(F)ccc2cc(N)c(F)c(-c3c(Cl)c4c5c(nc(OC[C@@]67CCCN6C[C@@]6(CC6(F)F)C7)nc5c3F)N3C[C@H]5CCC(N5)[C@H]3CC4=C)c12. The summed E-state index contributed by atoms with van der Waals surface area (Å²) in [4.78, 5) is 13.8. The third-order valence-corrected chi connectivity index (χ3v) is 13.2. The average molecular weight is 733 g/mol. The number of hydrogen-bond acceptors (Lipinski definition) is 7. The van der Waals surface area contributed by atoms with E-state index in [4.69, 9.17) is 33.5 Å². The third kappa shape index (κ3) is 4.27. The molecule has 1 spiro atoms. The fourth-order valence-corrected chi connectivity index (χ4v) is 10.7. The number of nitrogens with zero attached hydrogens (tertiary/aromatic N) is 4. The van der Waals surface area contributed by atoms with Gasteiger partial charge in [0.15, 0.2) is 11.6 Å². The largest absolute Gasteiger partial charge is 0.461 e. The molecular weight excluding hydrogens is 699 g/mol. The van der Waals surface area contributed by atoms with Gasteiger partial charge in [-0.3, -0.25) is 4.90 Å². The first kappa shape index (κ1) is 32.5. The number of benzene rings is 3. The molecule has 5 aliphatic heterocycles. The van der Waals surface area contributed by atoms with Gasteiger partial charge in [-0.15, -0.1) is 6.42 Å². The Hall–Kier alpha value is -4.18. The van der Waals surface area contributed by atoms with Gasteiger partial charge in [-0.25, -0.2) is 22.0 Å². The topological polar surface area (TPSA) is 79.5 Å². The van der Waals surface area contributed by atoms with Gasteiger partial charge in [-0.2, -0.15) is 9.97 Å². The van der Waals surface area contributed by atoms with Crippen molar-refractivity contribution in [3.05, 3.63) is 58.4 Å². The van der Waals surface area contributed by atoms with Crippen LogP contribution < -0.4 is 20.7 Å². The Morgan fingerprint density at radius 2 is 1.90 bits per heavy atom. The minimum atomic E-state index is -2.71. The molecule has 268 valence electrons. The second-order valence-corrected chi connectivity index (χ2v) is 16.1. The van der Waals surface area contributed by atoms with Crippen LogP contribution in [0.4, 0.5) is 33.5 Å². The Labute approximate surface area is 301 Å². The van der Waals surface area contributed by atoms with E-state index in [1.165, 1.54) is 12.1 Å². The highest BCUT2D eigenvalue weighted by Crippen LogP contribution is 2.69. The third-order valence-electron chi connectivity index (χ3n) is 12.8. The van der Waals surface area contributed by atoms with Crippen LogP contribution in [-0.2, 0) is 0 Å². The molecule has 2 bridgehead atoms. The minimum absolute atomic E-state index is 0.0485. The second kappa shape index (κ2) is 10.7. The fourth-order valence-electron chi connectivity index (χ4n) is 10.3. The number of alkyl halides is 2. The molecule has 5 fully saturated rings. The normalized spacial score (nSPS) is 29.8. The van der Waals surface area contributed by atoms with E-state index in [0.717, 1.165) is 25.3 Å². The van der Waals surface area contributed by atoms with E-state index in [2.05, 4.69) is 32.6 Å². The molecule has 1 unspecified atom stereocenters. The Morgan fingerprint density at radius 1 is 1.10 bits per heavy atom. The lowest BCUT2D eigenvalue weighted by Crippen LogP contribution is -2.58. The molecule has 13 heteroatoms. The maximum Gasteiger partial charge on any atom is 0.319 e. The maximum atomic E-state index is 17.6. The van der Waals surface area contributed by atoms with Crippen molar-refractivity contribution in [2.24, 2.45) is 5.41 Å². The van der Waals surface area contributed by atoms with Crippen LogP contribution in [0.25, 0.3) is 38.4 Å². The molecule has 4 saturated heterocycles. The van der Waals surface area contributed by atoms with Crippen molar-refractivity contribution in [3.63, 3.8) is 0 Å². The molecule has 0 amide bonds. The molecular formula is C39H34ClF5N6O. The van der Waals surface area contributed by atoms with Gasteiger partial charge >= 0.3 is 6.01 Å². The van der Waals surface area contributed by atoms with E-state index in [-0.39, 0.29) is 75.5 Å². The summed E-state index contributed by atoms with van der Waals surface area (Å²) in [6, 6.07) is 3.89. The number of terminal acetylenes is 1. The molecule has 3 N–H and O–H groups in total. The average Bonchev–Trinajstić information content (AvgIpc) is 3.43. The number of piperazine rings is 1. The summed E-state index contributed by atoms with van der Waals surface area (Å²) >= 11 is 7.20.